The molecule has 1 aliphatic rings. The second-order valence-electron chi connectivity index (χ2n) is 7.60. The summed E-state index contributed by atoms with van der Waals surface area (Å²) >= 11 is 6.16. The predicted molar refractivity (Wildman–Crippen MR) is 118 cm³/mol. The van der Waals surface area contributed by atoms with Crippen LogP contribution >= 0.6 is 11.6 Å². The Morgan fingerprint density at radius 3 is 2.65 bits per heavy atom. The maximum Gasteiger partial charge on any atom is 0.241 e. The number of likely N-dealkylation sites (tertiary alicyclic amines) is 1. The van der Waals surface area contributed by atoms with Crippen LogP contribution in [0.25, 0.3) is 11.4 Å². The molecule has 0 radical (unpaired) electrons. The normalized spacial score (nSPS) is 15.0. The largest absolute Gasteiger partial charge is 0.497 e. The molecule has 2 heterocycles. The van der Waals surface area contributed by atoms with E-state index in [0.717, 1.165) is 42.8 Å². The molecular formula is C23H25ClN4O3. The zero-order chi connectivity index (χ0) is 21.6. The highest BCUT2D eigenvalue weighted by Gasteiger charge is 2.26. The van der Waals surface area contributed by atoms with Crippen LogP contribution in [-0.4, -0.2) is 41.1 Å². The van der Waals surface area contributed by atoms with Gasteiger partial charge in [-0.3, -0.25) is 9.69 Å². The van der Waals surface area contributed by atoms with E-state index in [2.05, 4.69) is 20.4 Å². The van der Waals surface area contributed by atoms with Gasteiger partial charge in [-0.1, -0.05) is 35.0 Å². The predicted octanol–water partition coefficient (Wildman–Crippen LogP) is 3.93. The summed E-state index contributed by atoms with van der Waals surface area (Å²) in [5.74, 6) is 2.01. The van der Waals surface area contributed by atoms with Gasteiger partial charge in [0.15, 0.2) is 0 Å². The van der Waals surface area contributed by atoms with E-state index in [1.54, 1.807) is 7.11 Å². The number of nitrogens with zero attached hydrogens (tertiary/aromatic N) is 3. The van der Waals surface area contributed by atoms with Crippen molar-refractivity contribution < 1.29 is 14.1 Å². The quantitative estimate of drug-likeness (QED) is 0.599. The Morgan fingerprint density at radius 1 is 1.19 bits per heavy atom. The highest BCUT2D eigenvalue weighted by atomic mass is 35.5. The van der Waals surface area contributed by atoms with Crippen molar-refractivity contribution in [1.29, 1.82) is 0 Å². The van der Waals surface area contributed by atoms with Crippen LogP contribution in [0.5, 0.6) is 5.75 Å². The van der Waals surface area contributed by atoms with Gasteiger partial charge in [0.1, 0.15) is 5.75 Å². The molecule has 0 atom stereocenters. The smallest absolute Gasteiger partial charge is 0.241 e. The summed E-state index contributed by atoms with van der Waals surface area (Å²) in [5.41, 5.74) is 1.81. The number of carbonyl (C=O) groups is 1. The van der Waals surface area contributed by atoms with Crippen molar-refractivity contribution >= 4 is 17.5 Å². The fourth-order valence-electron chi connectivity index (χ4n) is 3.69. The molecule has 0 unspecified atom stereocenters. The van der Waals surface area contributed by atoms with Crippen molar-refractivity contribution in [2.45, 2.75) is 25.9 Å². The molecule has 1 amide bonds. The van der Waals surface area contributed by atoms with E-state index < -0.39 is 0 Å². The molecule has 1 saturated heterocycles. The van der Waals surface area contributed by atoms with Gasteiger partial charge in [0.25, 0.3) is 0 Å². The molecule has 8 heteroatoms. The number of halogens is 1. The highest BCUT2D eigenvalue weighted by molar-refractivity contribution is 6.31. The minimum Gasteiger partial charge on any atom is -0.497 e. The average Bonchev–Trinajstić information content (AvgIpc) is 3.27. The van der Waals surface area contributed by atoms with Gasteiger partial charge >= 0.3 is 0 Å². The summed E-state index contributed by atoms with van der Waals surface area (Å²) in [4.78, 5) is 19.3. The minimum atomic E-state index is 0.0104. The molecule has 1 fully saturated rings. The number of hydrogen-bond donors (Lipinski definition) is 1. The molecule has 162 valence electrons. The van der Waals surface area contributed by atoms with Crippen LogP contribution in [0.3, 0.4) is 0 Å². The van der Waals surface area contributed by atoms with Crippen molar-refractivity contribution in [3.05, 3.63) is 65.0 Å². The molecule has 0 bridgehead atoms. The summed E-state index contributed by atoms with van der Waals surface area (Å²) in [6, 6.07) is 15.1. The Hall–Kier alpha value is -2.90. The van der Waals surface area contributed by atoms with Crippen molar-refractivity contribution in [2.24, 2.45) is 5.92 Å². The topological polar surface area (TPSA) is 80.5 Å². The first kappa shape index (κ1) is 21.3. The van der Waals surface area contributed by atoms with Crippen molar-refractivity contribution in [2.75, 3.05) is 20.2 Å². The highest BCUT2D eigenvalue weighted by Crippen LogP contribution is 2.22. The molecule has 4 rings (SSSR count). The summed E-state index contributed by atoms with van der Waals surface area (Å²) in [6.07, 6.45) is 1.60. The molecular weight excluding hydrogens is 416 g/mol. The van der Waals surface area contributed by atoms with Gasteiger partial charge in [-0.15, -0.1) is 0 Å². The van der Waals surface area contributed by atoms with E-state index in [4.69, 9.17) is 20.9 Å². The maximum atomic E-state index is 12.5. The SMILES string of the molecule is COc1ccc(-c2noc(CN3CCC(C(=O)NCc4ccccc4Cl)CC3)n2)cc1. The van der Waals surface area contributed by atoms with E-state index >= 15 is 0 Å². The fraction of sp³-hybridized carbons (Fsp3) is 0.348. The first-order valence-electron chi connectivity index (χ1n) is 10.3. The summed E-state index contributed by atoms with van der Waals surface area (Å²) in [5, 5.41) is 7.77. The van der Waals surface area contributed by atoms with Gasteiger partial charge in [-0.05, 0) is 61.8 Å². The Morgan fingerprint density at radius 2 is 1.94 bits per heavy atom. The van der Waals surface area contributed by atoms with Crippen LogP contribution in [-0.2, 0) is 17.9 Å². The molecule has 31 heavy (non-hydrogen) atoms. The molecule has 0 saturated carbocycles. The number of aromatic nitrogens is 2. The zero-order valence-electron chi connectivity index (χ0n) is 17.4. The molecule has 7 nitrogen and oxygen atoms in total. The molecule has 2 aromatic carbocycles. The third kappa shape index (κ3) is 5.42. The summed E-state index contributed by atoms with van der Waals surface area (Å²) in [6.45, 7) is 2.65. The standard InChI is InChI=1S/C23H25ClN4O3/c1-30-19-8-6-16(7-9-19)22-26-21(31-27-22)15-28-12-10-17(11-13-28)23(29)25-14-18-4-2-3-5-20(18)24/h2-9,17H,10-15H2,1H3,(H,25,29). The Balaban J connectivity index is 1.25. The lowest BCUT2D eigenvalue weighted by molar-refractivity contribution is -0.126. The van der Waals surface area contributed by atoms with Crippen LogP contribution in [0, 0.1) is 5.92 Å². The van der Waals surface area contributed by atoms with E-state index in [9.17, 15) is 4.79 Å². The summed E-state index contributed by atoms with van der Waals surface area (Å²) in [7, 11) is 1.63. The number of nitrogens with one attached hydrogen (secondary N) is 1. The number of ether oxygens (including phenoxy) is 1. The summed E-state index contributed by atoms with van der Waals surface area (Å²) < 4.78 is 10.6. The van der Waals surface area contributed by atoms with Gasteiger partial charge in [0, 0.05) is 23.0 Å². The lowest BCUT2D eigenvalue weighted by Crippen LogP contribution is -2.40. The number of carbonyl (C=O) groups excluding carboxylic acids is 1. The van der Waals surface area contributed by atoms with E-state index in [-0.39, 0.29) is 11.8 Å². The Kier molecular flexibility index (Phi) is 6.84. The van der Waals surface area contributed by atoms with E-state index in [1.807, 2.05) is 48.5 Å². The van der Waals surface area contributed by atoms with Gasteiger partial charge in [0.2, 0.25) is 17.6 Å². The van der Waals surface area contributed by atoms with E-state index in [1.165, 1.54) is 0 Å². The molecule has 1 N–H and O–H groups in total. The van der Waals surface area contributed by atoms with Gasteiger partial charge in [-0.25, -0.2) is 0 Å². The second-order valence-corrected chi connectivity index (χ2v) is 8.01. The molecule has 1 aliphatic heterocycles. The monoisotopic (exact) mass is 440 g/mol. The Bertz CT molecular complexity index is 1010. The Labute approximate surface area is 186 Å². The fourth-order valence-corrected chi connectivity index (χ4v) is 3.89. The van der Waals surface area contributed by atoms with E-state index in [0.29, 0.717) is 29.8 Å². The van der Waals surface area contributed by atoms with Gasteiger partial charge in [-0.2, -0.15) is 4.98 Å². The number of rotatable bonds is 7. The number of benzene rings is 2. The molecule has 0 spiro atoms. The lowest BCUT2D eigenvalue weighted by Gasteiger charge is -2.30. The number of hydrogen-bond acceptors (Lipinski definition) is 6. The van der Waals surface area contributed by atoms with Crippen LogP contribution in [0.4, 0.5) is 0 Å². The first-order valence-corrected chi connectivity index (χ1v) is 10.7. The van der Waals surface area contributed by atoms with Crippen LogP contribution < -0.4 is 10.1 Å². The van der Waals surface area contributed by atoms with Crippen molar-refractivity contribution in [3.63, 3.8) is 0 Å². The molecule has 0 aliphatic carbocycles. The van der Waals surface area contributed by atoms with Gasteiger partial charge in [0.05, 0.1) is 13.7 Å². The van der Waals surface area contributed by atoms with Crippen LogP contribution in [0.15, 0.2) is 53.1 Å². The third-order valence-corrected chi connectivity index (χ3v) is 5.91. The molecule has 3 aromatic rings. The van der Waals surface area contributed by atoms with Crippen molar-refractivity contribution in [3.8, 4) is 17.1 Å². The average molecular weight is 441 g/mol. The number of amides is 1. The number of piperidine rings is 1. The lowest BCUT2D eigenvalue weighted by atomic mass is 9.96. The van der Waals surface area contributed by atoms with Crippen LogP contribution in [0.2, 0.25) is 5.02 Å². The first-order chi connectivity index (χ1) is 15.1. The zero-order valence-corrected chi connectivity index (χ0v) is 18.1. The van der Waals surface area contributed by atoms with Crippen molar-refractivity contribution in [1.82, 2.24) is 20.4 Å². The van der Waals surface area contributed by atoms with Crippen LogP contribution in [0.1, 0.15) is 24.3 Å². The maximum absolute atomic E-state index is 12.5. The third-order valence-electron chi connectivity index (χ3n) is 5.54. The minimum absolute atomic E-state index is 0.0104. The second kappa shape index (κ2) is 9.94. The molecule has 1 aromatic heterocycles. The number of methoxy groups -OCH3 is 1. The van der Waals surface area contributed by atoms with Gasteiger partial charge < -0.3 is 14.6 Å².